The highest BCUT2D eigenvalue weighted by Crippen LogP contribution is 2.07. The van der Waals surface area contributed by atoms with Gasteiger partial charge in [0.05, 0.1) is 16.2 Å². The van der Waals surface area contributed by atoms with E-state index in [1.54, 1.807) is 18.2 Å². The Balaban J connectivity index is 2.92. The summed E-state index contributed by atoms with van der Waals surface area (Å²) in [4.78, 5) is 15.9. The van der Waals surface area contributed by atoms with Gasteiger partial charge in [-0.1, -0.05) is 28.1 Å². The average Bonchev–Trinajstić information content (AvgIpc) is 2.23. The minimum absolute atomic E-state index is 0.218. The van der Waals surface area contributed by atoms with Gasteiger partial charge in [0.25, 0.3) is 5.56 Å². The van der Waals surface area contributed by atoms with Gasteiger partial charge in [-0.25, -0.2) is 9.66 Å². The number of benzene rings is 1. The van der Waals surface area contributed by atoms with Crippen LogP contribution in [0.1, 0.15) is 5.82 Å². The largest absolute Gasteiger partial charge is 0.335 e. The van der Waals surface area contributed by atoms with Gasteiger partial charge < -0.3 is 5.84 Å². The summed E-state index contributed by atoms with van der Waals surface area (Å²) >= 11 is 3.23. The predicted molar refractivity (Wildman–Crippen MR) is 58.8 cm³/mol. The lowest BCUT2D eigenvalue weighted by molar-refractivity contribution is 0.846. The molecule has 0 bridgehead atoms. The van der Waals surface area contributed by atoms with Crippen molar-refractivity contribution >= 4 is 26.8 Å². The van der Waals surface area contributed by atoms with Crippen LogP contribution >= 0.6 is 15.9 Å². The van der Waals surface area contributed by atoms with Gasteiger partial charge in [-0.05, 0) is 12.1 Å². The molecule has 0 spiro atoms. The van der Waals surface area contributed by atoms with Crippen molar-refractivity contribution in [1.29, 1.82) is 0 Å². The van der Waals surface area contributed by atoms with E-state index in [0.29, 0.717) is 22.1 Å². The number of nitrogens with two attached hydrogens (primary N) is 1. The second kappa shape index (κ2) is 3.42. The summed E-state index contributed by atoms with van der Waals surface area (Å²) in [5, 5.41) is 1.00. The van der Waals surface area contributed by atoms with Gasteiger partial charge in [0, 0.05) is 0 Å². The molecule has 0 fully saturated rings. The van der Waals surface area contributed by atoms with Crippen LogP contribution < -0.4 is 11.4 Å². The molecular weight excluding hydrogens is 246 g/mol. The van der Waals surface area contributed by atoms with E-state index in [2.05, 4.69) is 20.9 Å². The molecule has 4 nitrogen and oxygen atoms in total. The Morgan fingerprint density at radius 2 is 2.14 bits per heavy atom. The first-order valence-electron chi connectivity index (χ1n) is 4.05. The van der Waals surface area contributed by atoms with Crippen molar-refractivity contribution in [3.63, 3.8) is 0 Å². The Morgan fingerprint density at radius 3 is 2.86 bits per heavy atom. The topological polar surface area (TPSA) is 60.9 Å². The number of alkyl halides is 1. The van der Waals surface area contributed by atoms with E-state index < -0.39 is 0 Å². The highest BCUT2D eigenvalue weighted by atomic mass is 79.9. The van der Waals surface area contributed by atoms with Crippen LogP contribution in [-0.2, 0) is 5.33 Å². The number of para-hydroxylation sites is 1. The fourth-order valence-electron chi connectivity index (χ4n) is 1.29. The second-order valence-electron chi connectivity index (χ2n) is 2.85. The lowest BCUT2D eigenvalue weighted by atomic mass is 10.2. The fraction of sp³-hybridized carbons (Fsp3) is 0.111. The van der Waals surface area contributed by atoms with Crippen LogP contribution in [0.5, 0.6) is 0 Å². The van der Waals surface area contributed by atoms with E-state index in [-0.39, 0.29) is 5.56 Å². The SMILES string of the molecule is Nn1c(CBr)nc2ccccc2c1=O. The first-order chi connectivity index (χ1) is 6.74. The summed E-state index contributed by atoms with van der Waals surface area (Å²) in [6.45, 7) is 0. The zero-order valence-corrected chi connectivity index (χ0v) is 8.86. The van der Waals surface area contributed by atoms with Crippen molar-refractivity contribution in [3.05, 3.63) is 40.4 Å². The monoisotopic (exact) mass is 253 g/mol. The molecule has 1 aromatic carbocycles. The minimum Gasteiger partial charge on any atom is -0.335 e. The number of nitrogens with zero attached hydrogens (tertiary/aromatic N) is 2. The normalized spacial score (nSPS) is 10.6. The first kappa shape index (κ1) is 9.21. The summed E-state index contributed by atoms with van der Waals surface area (Å²) in [6, 6.07) is 7.14. The van der Waals surface area contributed by atoms with Gasteiger partial charge >= 0.3 is 0 Å². The molecular formula is C9H8BrN3O. The van der Waals surface area contributed by atoms with Crippen LogP contribution in [0.3, 0.4) is 0 Å². The molecule has 0 saturated carbocycles. The molecule has 0 aliphatic heterocycles. The van der Waals surface area contributed by atoms with Crippen LogP contribution in [0, 0.1) is 0 Å². The molecule has 0 unspecified atom stereocenters. The summed E-state index contributed by atoms with van der Waals surface area (Å²) < 4.78 is 1.07. The predicted octanol–water partition coefficient (Wildman–Crippen LogP) is 1.01. The quantitative estimate of drug-likeness (QED) is 0.610. The number of fused-ring (bicyclic) bond motifs is 1. The Bertz CT molecular complexity index is 535. The Labute approximate surface area is 88.5 Å². The number of halogens is 1. The number of hydrogen-bond donors (Lipinski definition) is 1. The van der Waals surface area contributed by atoms with E-state index in [9.17, 15) is 4.79 Å². The maximum Gasteiger partial charge on any atom is 0.279 e. The summed E-state index contributed by atoms with van der Waals surface area (Å²) in [6.07, 6.45) is 0. The lowest BCUT2D eigenvalue weighted by Gasteiger charge is -2.05. The summed E-state index contributed by atoms with van der Waals surface area (Å²) in [7, 11) is 0. The van der Waals surface area contributed by atoms with Crippen molar-refractivity contribution in [2.45, 2.75) is 5.33 Å². The number of nitrogen functional groups attached to an aromatic ring is 1. The molecule has 1 heterocycles. The van der Waals surface area contributed by atoms with Gasteiger partial charge in [-0.15, -0.1) is 0 Å². The first-order valence-corrected chi connectivity index (χ1v) is 5.18. The molecule has 0 saturated heterocycles. The Kier molecular flexibility index (Phi) is 2.25. The third-order valence-electron chi connectivity index (χ3n) is 2.00. The molecule has 5 heteroatoms. The van der Waals surface area contributed by atoms with Crippen molar-refractivity contribution in [3.8, 4) is 0 Å². The highest BCUT2D eigenvalue weighted by Gasteiger charge is 2.06. The van der Waals surface area contributed by atoms with E-state index in [4.69, 9.17) is 5.84 Å². The Hall–Kier alpha value is -1.36. The van der Waals surface area contributed by atoms with E-state index in [1.165, 1.54) is 0 Å². The summed E-state index contributed by atoms with van der Waals surface area (Å²) in [5.41, 5.74) is 0.457. The smallest absolute Gasteiger partial charge is 0.279 e. The fourth-order valence-corrected chi connectivity index (χ4v) is 1.68. The molecule has 2 aromatic rings. The highest BCUT2D eigenvalue weighted by molar-refractivity contribution is 9.08. The van der Waals surface area contributed by atoms with Crippen LogP contribution in [0.4, 0.5) is 0 Å². The third kappa shape index (κ3) is 1.29. The van der Waals surface area contributed by atoms with Gasteiger partial charge in [-0.3, -0.25) is 4.79 Å². The van der Waals surface area contributed by atoms with Crippen LogP contribution in [-0.4, -0.2) is 9.66 Å². The molecule has 0 radical (unpaired) electrons. The van der Waals surface area contributed by atoms with E-state index in [1.807, 2.05) is 6.07 Å². The van der Waals surface area contributed by atoms with Crippen LogP contribution in [0.2, 0.25) is 0 Å². The van der Waals surface area contributed by atoms with Gasteiger partial charge in [0.15, 0.2) is 0 Å². The average molecular weight is 254 g/mol. The van der Waals surface area contributed by atoms with Crippen molar-refractivity contribution < 1.29 is 0 Å². The molecule has 2 N–H and O–H groups in total. The van der Waals surface area contributed by atoms with Crippen molar-refractivity contribution in [1.82, 2.24) is 9.66 Å². The third-order valence-corrected chi connectivity index (χ3v) is 2.50. The molecule has 0 atom stereocenters. The maximum atomic E-state index is 11.7. The van der Waals surface area contributed by atoms with Crippen LogP contribution in [0.25, 0.3) is 10.9 Å². The van der Waals surface area contributed by atoms with Crippen molar-refractivity contribution in [2.75, 3.05) is 5.84 Å². The minimum atomic E-state index is -0.218. The van der Waals surface area contributed by atoms with E-state index >= 15 is 0 Å². The molecule has 0 amide bonds. The lowest BCUT2D eigenvalue weighted by Crippen LogP contribution is -2.31. The van der Waals surface area contributed by atoms with Gasteiger partial charge in [-0.2, -0.15) is 0 Å². The maximum absolute atomic E-state index is 11.7. The zero-order chi connectivity index (χ0) is 10.1. The summed E-state index contributed by atoms with van der Waals surface area (Å²) in [5.74, 6) is 6.09. The number of rotatable bonds is 1. The van der Waals surface area contributed by atoms with E-state index in [0.717, 1.165) is 4.68 Å². The van der Waals surface area contributed by atoms with Gasteiger partial charge in [0.1, 0.15) is 5.82 Å². The number of hydrogen-bond acceptors (Lipinski definition) is 3. The standard InChI is InChI=1S/C9H8BrN3O/c10-5-8-12-7-4-2-1-3-6(7)9(14)13(8)11/h1-4H,5,11H2. The molecule has 1 aromatic heterocycles. The zero-order valence-electron chi connectivity index (χ0n) is 7.27. The Morgan fingerprint density at radius 1 is 1.43 bits per heavy atom. The molecule has 14 heavy (non-hydrogen) atoms. The molecule has 2 rings (SSSR count). The van der Waals surface area contributed by atoms with Crippen molar-refractivity contribution in [2.24, 2.45) is 0 Å². The second-order valence-corrected chi connectivity index (χ2v) is 3.41. The van der Waals surface area contributed by atoms with Crippen LogP contribution in [0.15, 0.2) is 29.1 Å². The molecule has 0 aliphatic carbocycles. The molecule has 0 aliphatic rings. The number of aromatic nitrogens is 2. The van der Waals surface area contributed by atoms with Gasteiger partial charge in [0.2, 0.25) is 0 Å². The molecule has 72 valence electrons.